The van der Waals surface area contributed by atoms with Crippen LogP contribution in [0.5, 0.6) is 0 Å². The highest BCUT2D eigenvalue weighted by atomic mass is 16.7. The first-order valence-corrected chi connectivity index (χ1v) is 18.1. The normalized spacial score (nSPS) is 54.0. The Balaban J connectivity index is 1.35. The smallest absolute Gasteiger partial charge is 0.311 e. The molecule has 12 nitrogen and oxygen atoms in total. The van der Waals surface area contributed by atoms with Gasteiger partial charge in [-0.15, -0.1) is 0 Å². The maximum atomic E-state index is 13.1. The molecule has 1 heterocycles. The van der Waals surface area contributed by atoms with Gasteiger partial charge in [-0.2, -0.15) is 0 Å². The fourth-order valence-corrected chi connectivity index (χ4v) is 12.6. The van der Waals surface area contributed by atoms with E-state index in [0.717, 1.165) is 12.0 Å². The Kier molecular flexibility index (Phi) is 9.26. The number of esters is 1. The molecule has 5 fully saturated rings. The molecule has 0 amide bonds. The lowest BCUT2D eigenvalue weighted by Crippen LogP contribution is -2.69. The summed E-state index contributed by atoms with van der Waals surface area (Å²) in [6, 6.07) is 0. The van der Waals surface area contributed by atoms with Gasteiger partial charge in [-0.05, 0) is 98.7 Å². The number of carboxylic acids is 1. The summed E-state index contributed by atoms with van der Waals surface area (Å²) >= 11 is 0. The largest absolute Gasteiger partial charge is 0.481 e. The van der Waals surface area contributed by atoms with Crippen molar-refractivity contribution in [2.45, 2.75) is 135 Å². The van der Waals surface area contributed by atoms with Crippen LogP contribution in [0.3, 0.4) is 0 Å². The Morgan fingerprint density at radius 3 is 2.18 bits per heavy atom. The van der Waals surface area contributed by atoms with Gasteiger partial charge in [-0.3, -0.25) is 9.59 Å². The summed E-state index contributed by atoms with van der Waals surface area (Å²) < 4.78 is 17.1. The molecule has 12 heteroatoms. The third kappa shape index (κ3) is 4.98. The van der Waals surface area contributed by atoms with E-state index in [4.69, 9.17) is 14.2 Å². The first-order chi connectivity index (χ1) is 22.8. The molecule has 1 aliphatic heterocycles. The third-order valence-corrected chi connectivity index (χ3v) is 15.7. The van der Waals surface area contributed by atoms with Crippen molar-refractivity contribution in [1.29, 1.82) is 0 Å². The highest BCUT2D eigenvalue weighted by molar-refractivity contribution is 5.80. The number of hydrogen-bond donors (Lipinski definition) is 7. The zero-order valence-electron chi connectivity index (χ0n) is 29.8. The fourth-order valence-electron chi connectivity index (χ4n) is 12.6. The molecular weight excluding hydrogens is 636 g/mol. The maximum Gasteiger partial charge on any atom is 0.311 e. The van der Waals surface area contributed by atoms with Crippen LogP contribution in [-0.2, 0) is 23.8 Å². The van der Waals surface area contributed by atoms with Gasteiger partial charge in [0, 0.05) is 5.41 Å². The van der Waals surface area contributed by atoms with Crippen LogP contribution in [0.2, 0.25) is 0 Å². The molecular formula is C37H58O12. The average Bonchev–Trinajstić information content (AvgIpc) is 3.06. The Bertz CT molecular complexity index is 1350. The highest BCUT2D eigenvalue weighted by Gasteiger charge is 2.71. The molecule has 6 rings (SSSR count). The van der Waals surface area contributed by atoms with Gasteiger partial charge in [-0.1, -0.05) is 39.3 Å². The molecule has 4 saturated carbocycles. The van der Waals surface area contributed by atoms with Crippen LogP contribution in [-0.4, -0.2) is 111 Å². The Morgan fingerprint density at radius 2 is 1.57 bits per heavy atom. The third-order valence-electron chi connectivity index (χ3n) is 15.7. The zero-order chi connectivity index (χ0) is 36.1. The molecule has 49 heavy (non-hydrogen) atoms. The minimum absolute atomic E-state index is 0.0779. The summed E-state index contributed by atoms with van der Waals surface area (Å²) in [7, 11) is 1.39. The van der Waals surface area contributed by atoms with Crippen molar-refractivity contribution in [2.75, 3.05) is 20.3 Å². The molecule has 1 saturated heterocycles. The molecule has 6 aliphatic rings. The van der Waals surface area contributed by atoms with Crippen molar-refractivity contribution in [2.24, 2.45) is 50.2 Å². The van der Waals surface area contributed by atoms with Crippen molar-refractivity contribution in [3.63, 3.8) is 0 Å². The van der Waals surface area contributed by atoms with Crippen molar-refractivity contribution in [3.8, 4) is 0 Å². The lowest BCUT2D eigenvalue weighted by molar-refractivity contribution is -0.345. The van der Waals surface area contributed by atoms with Gasteiger partial charge in [0.25, 0.3) is 0 Å². The molecule has 0 aromatic carbocycles. The number of methoxy groups -OCH3 is 1. The first kappa shape index (κ1) is 37.1. The monoisotopic (exact) mass is 694 g/mol. The number of carbonyl (C=O) groups is 2. The number of allylic oxidation sites excluding steroid dienone is 2. The SMILES string of the molecule is COC(=O)[C@]1(C)CC[C@]2(C(=O)O)CC[C@]3(C)C(=CC[C@H]4[C@]5(C)C[C@H](O)[C@H](O[C@@H]6O[C@@H](CO)[C@H](O)[C@@H](O)[C@H]6O)[C@](C)(CO)[C@@H]5CC[C@]43C)[C@@H]2C1. The van der Waals surface area contributed by atoms with Crippen LogP contribution in [0.4, 0.5) is 0 Å². The summed E-state index contributed by atoms with van der Waals surface area (Å²) in [5.41, 5.74) is -2.63. The van der Waals surface area contributed by atoms with Crippen molar-refractivity contribution in [3.05, 3.63) is 11.6 Å². The maximum absolute atomic E-state index is 13.1. The van der Waals surface area contributed by atoms with E-state index >= 15 is 0 Å². The summed E-state index contributed by atoms with van der Waals surface area (Å²) in [6.07, 6.45) is -2.17. The molecule has 5 aliphatic carbocycles. The molecule has 0 spiro atoms. The molecule has 16 atom stereocenters. The van der Waals surface area contributed by atoms with Gasteiger partial charge in [0.1, 0.15) is 24.4 Å². The summed E-state index contributed by atoms with van der Waals surface area (Å²) in [4.78, 5) is 26.1. The predicted octanol–water partition coefficient (Wildman–Crippen LogP) is 2.15. The molecule has 0 aromatic rings. The fraction of sp³-hybridized carbons (Fsp3) is 0.892. The van der Waals surface area contributed by atoms with E-state index in [9.17, 15) is 45.3 Å². The molecule has 0 radical (unpaired) electrons. The predicted molar refractivity (Wildman–Crippen MR) is 174 cm³/mol. The standard InChI is InChI=1S/C37H58O12/c1-32(31(46)47-6)11-13-37(30(44)45)14-12-35(4)19(20(37)15-32)7-8-24-33(2)16-21(40)28(34(3,18-39)23(33)9-10-36(24,35)5)49-29-27(43)26(42)25(41)22(17-38)48-29/h7,20-29,38-43H,8-18H2,1-6H3,(H,44,45)/t20-,21-,22-,23+,24-,25-,26+,27+,28-,29-,32+,33+,34+,35+,36+,37-/m0/s1. The van der Waals surface area contributed by atoms with Crippen molar-refractivity contribution < 1.29 is 59.5 Å². The van der Waals surface area contributed by atoms with Crippen LogP contribution in [0.1, 0.15) is 92.4 Å². The minimum Gasteiger partial charge on any atom is -0.481 e. The number of hydrogen-bond acceptors (Lipinski definition) is 11. The lowest BCUT2D eigenvalue weighted by atomic mass is 9.33. The van der Waals surface area contributed by atoms with Gasteiger partial charge in [0.15, 0.2) is 6.29 Å². The average molecular weight is 695 g/mol. The van der Waals surface area contributed by atoms with Crippen LogP contribution in [0.15, 0.2) is 11.6 Å². The summed E-state index contributed by atoms with van der Waals surface area (Å²) in [5, 5.41) is 74.8. The molecule has 7 N–H and O–H groups in total. The number of aliphatic hydroxyl groups excluding tert-OH is 6. The number of carboxylic acid groups (broad SMARTS) is 1. The number of rotatable bonds is 6. The number of aliphatic carboxylic acids is 1. The molecule has 0 bridgehead atoms. The van der Waals surface area contributed by atoms with E-state index < -0.39 is 77.1 Å². The van der Waals surface area contributed by atoms with Crippen LogP contribution in [0, 0.1) is 50.2 Å². The van der Waals surface area contributed by atoms with E-state index in [1.54, 1.807) is 0 Å². The van der Waals surface area contributed by atoms with Gasteiger partial charge in [0.2, 0.25) is 0 Å². The minimum atomic E-state index is -1.64. The lowest BCUT2D eigenvalue weighted by Gasteiger charge is -2.71. The second-order valence-electron chi connectivity index (χ2n) is 17.8. The quantitative estimate of drug-likeness (QED) is 0.122. The van der Waals surface area contributed by atoms with E-state index in [0.29, 0.717) is 51.4 Å². The van der Waals surface area contributed by atoms with Crippen molar-refractivity contribution in [1.82, 2.24) is 0 Å². The molecule has 0 aromatic heterocycles. The Morgan fingerprint density at radius 1 is 0.898 bits per heavy atom. The van der Waals surface area contributed by atoms with Crippen molar-refractivity contribution >= 4 is 11.9 Å². The number of ether oxygens (including phenoxy) is 3. The van der Waals surface area contributed by atoms with E-state index in [1.807, 2.05) is 13.8 Å². The number of aliphatic hydroxyl groups is 6. The summed E-state index contributed by atoms with van der Waals surface area (Å²) in [5.74, 6) is -1.43. The number of fused-ring (bicyclic) bond motifs is 7. The van der Waals surface area contributed by atoms with E-state index in [2.05, 4.69) is 26.8 Å². The topological polar surface area (TPSA) is 203 Å². The summed E-state index contributed by atoms with van der Waals surface area (Å²) in [6.45, 7) is 9.66. The van der Waals surface area contributed by atoms with Crippen LogP contribution in [0.25, 0.3) is 0 Å². The zero-order valence-corrected chi connectivity index (χ0v) is 29.8. The second kappa shape index (κ2) is 12.2. The van der Waals surface area contributed by atoms with Crippen LogP contribution >= 0.6 is 0 Å². The van der Waals surface area contributed by atoms with E-state index in [-0.39, 0.29) is 41.2 Å². The van der Waals surface area contributed by atoms with Gasteiger partial charge < -0.3 is 50.0 Å². The molecule has 0 unspecified atom stereocenters. The highest BCUT2D eigenvalue weighted by Crippen LogP contribution is 2.76. The second-order valence-corrected chi connectivity index (χ2v) is 17.8. The van der Waals surface area contributed by atoms with Gasteiger partial charge in [-0.25, -0.2) is 0 Å². The van der Waals surface area contributed by atoms with Crippen LogP contribution < -0.4 is 0 Å². The van der Waals surface area contributed by atoms with E-state index in [1.165, 1.54) is 7.11 Å². The molecule has 278 valence electrons. The number of carbonyl (C=O) groups excluding carboxylic acids is 1. The Hall–Kier alpha value is -1.64. The van der Waals surface area contributed by atoms with Gasteiger partial charge >= 0.3 is 11.9 Å². The van der Waals surface area contributed by atoms with Gasteiger partial charge in [0.05, 0.1) is 43.4 Å². The first-order valence-electron chi connectivity index (χ1n) is 18.1. The Labute approximate surface area is 288 Å².